The Hall–Kier alpha value is -2.96. The second kappa shape index (κ2) is 8.42. The van der Waals surface area contributed by atoms with Gasteiger partial charge < -0.3 is 10.2 Å². The highest BCUT2D eigenvalue weighted by Crippen LogP contribution is 2.26. The smallest absolute Gasteiger partial charge is 0.226 e. The van der Waals surface area contributed by atoms with E-state index < -0.39 is 0 Å². The van der Waals surface area contributed by atoms with E-state index in [0.717, 1.165) is 54.0 Å². The van der Waals surface area contributed by atoms with E-state index in [0.29, 0.717) is 12.5 Å². The van der Waals surface area contributed by atoms with Gasteiger partial charge >= 0.3 is 0 Å². The van der Waals surface area contributed by atoms with Crippen molar-refractivity contribution in [3.8, 4) is 0 Å². The van der Waals surface area contributed by atoms with Crippen LogP contribution in [0.5, 0.6) is 0 Å². The van der Waals surface area contributed by atoms with Crippen LogP contribution in [0.2, 0.25) is 0 Å². The van der Waals surface area contributed by atoms with Gasteiger partial charge in [-0.1, -0.05) is 19.9 Å². The van der Waals surface area contributed by atoms with Crippen molar-refractivity contribution in [1.82, 2.24) is 25.1 Å². The number of nitrogens with one attached hydrogen (secondary N) is 1. The van der Waals surface area contributed by atoms with Gasteiger partial charge in [-0.05, 0) is 43.4 Å². The summed E-state index contributed by atoms with van der Waals surface area (Å²) in [6, 6.07) is 6.46. The lowest BCUT2D eigenvalue weighted by Crippen LogP contribution is -2.41. The molecule has 3 aromatic rings. The van der Waals surface area contributed by atoms with Gasteiger partial charge in [0.15, 0.2) is 0 Å². The lowest BCUT2D eigenvalue weighted by molar-refractivity contribution is -0.125. The molecular formula is C23H30N6O. The number of rotatable bonds is 5. The Morgan fingerprint density at radius 2 is 2.00 bits per heavy atom. The number of anilines is 1. The minimum atomic E-state index is 0.0353. The summed E-state index contributed by atoms with van der Waals surface area (Å²) < 4.78 is 1.75. The summed E-state index contributed by atoms with van der Waals surface area (Å²) in [5.41, 5.74) is 4.32. The predicted octanol–water partition coefficient (Wildman–Crippen LogP) is 3.33. The van der Waals surface area contributed by atoms with Crippen LogP contribution in [0.15, 0.2) is 30.6 Å². The first kappa shape index (κ1) is 20.3. The molecule has 1 aliphatic heterocycles. The molecule has 0 bridgehead atoms. The van der Waals surface area contributed by atoms with Crippen molar-refractivity contribution in [1.29, 1.82) is 0 Å². The molecule has 158 valence electrons. The second-order valence-corrected chi connectivity index (χ2v) is 8.54. The van der Waals surface area contributed by atoms with E-state index in [1.165, 1.54) is 5.56 Å². The Morgan fingerprint density at radius 1 is 1.23 bits per heavy atom. The zero-order chi connectivity index (χ0) is 21.3. The molecule has 0 atom stereocenters. The molecule has 3 heterocycles. The largest absolute Gasteiger partial charge is 0.352 e. The Morgan fingerprint density at radius 3 is 2.67 bits per heavy atom. The van der Waals surface area contributed by atoms with Gasteiger partial charge in [0, 0.05) is 49.7 Å². The second-order valence-electron chi connectivity index (χ2n) is 8.54. The number of fused-ring (bicyclic) bond motifs is 1. The van der Waals surface area contributed by atoms with Crippen molar-refractivity contribution in [2.45, 2.75) is 46.1 Å². The monoisotopic (exact) mass is 406 g/mol. The van der Waals surface area contributed by atoms with Crippen LogP contribution in [0.1, 0.15) is 49.4 Å². The van der Waals surface area contributed by atoms with Gasteiger partial charge in [0.1, 0.15) is 0 Å². The normalized spacial score (nSPS) is 15.2. The van der Waals surface area contributed by atoms with Crippen molar-refractivity contribution in [3.05, 3.63) is 47.4 Å². The molecule has 7 heteroatoms. The quantitative estimate of drug-likeness (QED) is 0.703. The van der Waals surface area contributed by atoms with E-state index in [1.807, 2.05) is 13.2 Å². The number of piperidine rings is 1. The molecule has 0 radical (unpaired) electrons. The molecule has 4 rings (SSSR count). The molecule has 0 spiro atoms. The van der Waals surface area contributed by atoms with Gasteiger partial charge in [0.2, 0.25) is 11.9 Å². The standard InChI is InChI=1S/C23H30N6O/c1-15(2)19-5-6-21-20(11-19)16(3)26-23(27-21)29-9-7-18(8-10-29)22(30)24-12-17-13-25-28(4)14-17/h5-6,11,13-15,18H,7-10,12H2,1-4H3,(H,24,30). The molecule has 7 nitrogen and oxygen atoms in total. The van der Waals surface area contributed by atoms with Crippen molar-refractivity contribution in [2.24, 2.45) is 13.0 Å². The number of benzene rings is 1. The van der Waals surface area contributed by atoms with Crippen LogP contribution >= 0.6 is 0 Å². The van der Waals surface area contributed by atoms with Gasteiger partial charge in [-0.25, -0.2) is 9.97 Å². The molecule has 0 saturated carbocycles. The highest BCUT2D eigenvalue weighted by Gasteiger charge is 2.26. The average molecular weight is 407 g/mol. The number of hydrogen-bond donors (Lipinski definition) is 1. The van der Waals surface area contributed by atoms with E-state index in [2.05, 4.69) is 54.3 Å². The van der Waals surface area contributed by atoms with Gasteiger partial charge in [0.05, 0.1) is 17.4 Å². The summed E-state index contributed by atoms with van der Waals surface area (Å²) >= 11 is 0. The van der Waals surface area contributed by atoms with Crippen molar-refractivity contribution in [3.63, 3.8) is 0 Å². The van der Waals surface area contributed by atoms with Gasteiger partial charge in [-0.2, -0.15) is 5.10 Å². The summed E-state index contributed by atoms with van der Waals surface area (Å²) in [6.45, 7) is 8.56. The van der Waals surface area contributed by atoms with Crippen LogP contribution in [-0.4, -0.2) is 38.7 Å². The molecule has 30 heavy (non-hydrogen) atoms. The number of carbonyl (C=O) groups is 1. The van der Waals surface area contributed by atoms with Crippen LogP contribution in [0, 0.1) is 12.8 Å². The summed E-state index contributed by atoms with van der Waals surface area (Å²) in [4.78, 5) is 24.3. The number of aromatic nitrogens is 4. The molecule has 1 aliphatic rings. The number of hydrogen-bond acceptors (Lipinski definition) is 5. The molecule has 1 aromatic carbocycles. The first-order chi connectivity index (χ1) is 14.4. The van der Waals surface area contributed by atoms with Gasteiger partial charge in [-0.15, -0.1) is 0 Å². The molecule has 1 fully saturated rings. The van der Waals surface area contributed by atoms with Gasteiger partial charge in [-0.3, -0.25) is 9.48 Å². The summed E-state index contributed by atoms with van der Waals surface area (Å²) in [5.74, 6) is 1.41. The molecular weight excluding hydrogens is 376 g/mol. The topological polar surface area (TPSA) is 75.9 Å². The number of aryl methyl sites for hydroxylation is 2. The maximum absolute atomic E-state index is 12.5. The number of amides is 1. The Bertz CT molecular complexity index is 1050. The summed E-state index contributed by atoms with van der Waals surface area (Å²) in [6.07, 6.45) is 5.33. The van der Waals surface area contributed by atoms with Crippen molar-refractivity contribution >= 4 is 22.8 Å². The third-order valence-corrected chi connectivity index (χ3v) is 5.94. The third kappa shape index (κ3) is 4.30. The average Bonchev–Trinajstić information content (AvgIpc) is 3.17. The predicted molar refractivity (Wildman–Crippen MR) is 118 cm³/mol. The number of nitrogens with zero attached hydrogens (tertiary/aromatic N) is 5. The van der Waals surface area contributed by atoms with Crippen LogP contribution in [0.4, 0.5) is 5.95 Å². The fourth-order valence-electron chi connectivity index (χ4n) is 4.02. The van der Waals surface area contributed by atoms with E-state index >= 15 is 0 Å². The van der Waals surface area contributed by atoms with Crippen LogP contribution in [0.3, 0.4) is 0 Å². The van der Waals surface area contributed by atoms with Crippen molar-refractivity contribution in [2.75, 3.05) is 18.0 Å². The SMILES string of the molecule is Cc1nc(N2CCC(C(=O)NCc3cnn(C)c3)CC2)nc2ccc(C(C)C)cc12. The first-order valence-electron chi connectivity index (χ1n) is 10.7. The van der Waals surface area contributed by atoms with E-state index in [1.54, 1.807) is 10.9 Å². The molecule has 0 unspecified atom stereocenters. The Balaban J connectivity index is 1.39. The van der Waals surface area contributed by atoms with E-state index in [4.69, 9.17) is 9.97 Å². The van der Waals surface area contributed by atoms with E-state index in [-0.39, 0.29) is 11.8 Å². The minimum absolute atomic E-state index is 0.0353. The van der Waals surface area contributed by atoms with Gasteiger partial charge in [0.25, 0.3) is 0 Å². The van der Waals surface area contributed by atoms with E-state index in [9.17, 15) is 4.79 Å². The zero-order valence-electron chi connectivity index (χ0n) is 18.2. The fraction of sp³-hybridized carbons (Fsp3) is 0.478. The highest BCUT2D eigenvalue weighted by molar-refractivity contribution is 5.83. The lowest BCUT2D eigenvalue weighted by Gasteiger charge is -2.31. The maximum atomic E-state index is 12.5. The lowest BCUT2D eigenvalue weighted by atomic mass is 9.96. The van der Waals surface area contributed by atoms with Crippen LogP contribution < -0.4 is 10.2 Å². The summed E-state index contributed by atoms with van der Waals surface area (Å²) in [7, 11) is 1.88. The van der Waals surface area contributed by atoms with Crippen molar-refractivity contribution < 1.29 is 4.79 Å². The Kier molecular flexibility index (Phi) is 5.70. The highest BCUT2D eigenvalue weighted by atomic mass is 16.1. The third-order valence-electron chi connectivity index (χ3n) is 5.94. The number of carbonyl (C=O) groups excluding carboxylic acids is 1. The molecule has 1 amide bonds. The first-order valence-corrected chi connectivity index (χ1v) is 10.7. The van der Waals surface area contributed by atoms with Crippen LogP contribution in [-0.2, 0) is 18.4 Å². The van der Waals surface area contributed by atoms with Crippen LogP contribution in [0.25, 0.3) is 10.9 Å². The molecule has 1 N–H and O–H groups in total. The Labute approximate surface area is 177 Å². The summed E-state index contributed by atoms with van der Waals surface area (Å²) in [5, 5.41) is 8.30. The fourth-order valence-corrected chi connectivity index (χ4v) is 4.02. The zero-order valence-corrected chi connectivity index (χ0v) is 18.2. The molecule has 0 aliphatic carbocycles. The minimum Gasteiger partial charge on any atom is -0.352 e. The molecule has 1 saturated heterocycles. The maximum Gasteiger partial charge on any atom is 0.226 e. The molecule has 2 aromatic heterocycles.